The predicted molar refractivity (Wildman–Crippen MR) is 57.7 cm³/mol. The first-order chi connectivity index (χ1) is 7.15. The standard InChI is InChI=1S/C11H12O3S/c1-6(12)9-7-4-3-5-8(7)10(15-9)11(13)14-2/h3-5H2,1-2H3. The predicted octanol–water partition coefficient (Wildman–Crippen LogP) is 2.23. The Bertz CT molecular complexity index is 431. The van der Waals surface area contributed by atoms with Crippen molar-refractivity contribution in [2.24, 2.45) is 0 Å². The Morgan fingerprint density at radius 3 is 2.33 bits per heavy atom. The number of carbonyl (C=O) groups excluding carboxylic acids is 2. The number of ketones is 1. The summed E-state index contributed by atoms with van der Waals surface area (Å²) in [5.41, 5.74) is 2.12. The molecule has 80 valence electrons. The van der Waals surface area contributed by atoms with Crippen LogP contribution in [0.1, 0.15) is 43.8 Å². The van der Waals surface area contributed by atoms with Gasteiger partial charge < -0.3 is 4.74 Å². The third-order valence-corrected chi connectivity index (χ3v) is 4.02. The Morgan fingerprint density at radius 2 is 1.80 bits per heavy atom. The fourth-order valence-electron chi connectivity index (χ4n) is 2.01. The van der Waals surface area contributed by atoms with Crippen molar-refractivity contribution >= 4 is 23.1 Å². The van der Waals surface area contributed by atoms with E-state index >= 15 is 0 Å². The fourth-order valence-corrected chi connectivity index (χ4v) is 3.22. The van der Waals surface area contributed by atoms with Crippen LogP contribution < -0.4 is 0 Å². The van der Waals surface area contributed by atoms with Crippen molar-refractivity contribution in [2.45, 2.75) is 26.2 Å². The minimum atomic E-state index is -0.314. The van der Waals surface area contributed by atoms with Crippen LogP contribution in [0.15, 0.2) is 0 Å². The lowest BCUT2D eigenvalue weighted by Crippen LogP contribution is -2.00. The third kappa shape index (κ3) is 1.59. The van der Waals surface area contributed by atoms with E-state index in [1.54, 1.807) is 6.92 Å². The van der Waals surface area contributed by atoms with E-state index in [0.717, 1.165) is 35.3 Å². The number of fused-ring (bicyclic) bond motifs is 1. The lowest BCUT2D eigenvalue weighted by atomic mass is 10.1. The molecule has 0 N–H and O–H groups in total. The second-order valence-electron chi connectivity index (χ2n) is 3.62. The van der Waals surface area contributed by atoms with Crippen molar-refractivity contribution in [3.8, 4) is 0 Å². The SMILES string of the molecule is COC(=O)c1sc(C(C)=O)c2c1CCC2. The molecule has 1 aliphatic rings. The van der Waals surface area contributed by atoms with Crippen molar-refractivity contribution < 1.29 is 14.3 Å². The zero-order chi connectivity index (χ0) is 11.0. The number of methoxy groups -OCH3 is 1. The fraction of sp³-hybridized carbons (Fsp3) is 0.455. The molecule has 0 fully saturated rings. The number of rotatable bonds is 2. The Hall–Kier alpha value is -1.16. The number of esters is 1. The molecule has 1 heterocycles. The highest BCUT2D eigenvalue weighted by molar-refractivity contribution is 7.16. The van der Waals surface area contributed by atoms with Crippen molar-refractivity contribution in [3.63, 3.8) is 0 Å². The molecule has 0 radical (unpaired) electrons. The number of Topliss-reactive ketones (excluding diaryl/α,β-unsaturated/α-hetero) is 1. The first kappa shape index (κ1) is 10.4. The van der Waals surface area contributed by atoms with Crippen molar-refractivity contribution in [1.29, 1.82) is 0 Å². The first-order valence-corrected chi connectivity index (χ1v) is 5.70. The summed E-state index contributed by atoms with van der Waals surface area (Å²) in [6, 6.07) is 0. The summed E-state index contributed by atoms with van der Waals surface area (Å²) < 4.78 is 4.71. The summed E-state index contributed by atoms with van der Waals surface area (Å²) in [5.74, 6) is -0.265. The van der Waals surface area contributed by atoms with Crippen LogP contribution in [0.2, 0.25) is 0 Å². The van der Waals surface area contributed by atoms with Gasteiger partial charge in [-0.15, -0.1) is 11.3 Å². The van der Waals surface area contributed by atoms with Gasteiger partial charge in [-0.1, -0.05) is 0 Å². The van der Waals surface area contributed by atoms with Gasteiger partial charge in [-0.25, -0.2) is 4.79 Å². The minimum Gasteiger partial charge on any atom is -0.465 e. The Labute approximate surface area is 92.1 Å². The van der Waals surface area contributed by atoms with Crippen molar-refractivity contribution in [1.82, 2.24) is 0 Å². The van der Waals surface area contributed by atoms with E-state index in [0.29, 0.717) is 4.88 Å². The minimum absolute atomic E-state index is 0.0494. The maximum Gasteiger partial charge on any atom is 0.348 e. The second-order valence-corrected chi connectivity index (χ2v) is 4.64. The van der Waals surface area contributed by atoms with Gasteiger partial charge in [-0.05, 0) is 37.3 Å². The number of carbonyl (C=O) groups is 2. The molecule has 0 saturated heterocycles. The van der Waals surface area contributed by atoms with Gasteiger partial charge in [-0.3, -0.25) is 4.79 Å². The van der Waals surface area contributed by atoms with E-state index in [4.69, 9.17) is 4.74 Å². The van der Waals surface area contributed by atoms with Gasteiger partial charge >= 0.3 is 5.97 Å². The summed E-state index contributed by atoms with van der Waals surface area (Å²) in [6.07, 6.45) is 2.84. The first-order valence-electron chi connectivity index (χ1n) is 4.89. The van der Waals surface area contributed by atoms with Crippen LogP contribution in [-0.4, -0.2) is 18.9 Å². The zero-order valence-corrected chi connectivity index (χ0v) is 9.57. The summed E-state index contributed by atoms with van der Waals surface area (Å²) in [4.78, 5) is 24.2. The maximum atomic E-state index is 11.5. The third-order valence-electron chi connectivity index (χ3n) is 2.66. The molecule has 1 aromatic heterocycles. The normalized spacial score (nSPS) is 13.7. The van der Waals surface area contributed by atoms with E-state index in [9.17, 15) is 9.59 Å². The van der Waals surface area contributed by atoms with Crippen LogP contribution >= 0.6 is 11.3 Å². The molecule has 0 saturated carbocycles. The average molecular weight is 224 g/mol. The molecule has 1 aromatic rings. The lowest BCUT2D eigenvalue weighted by Gasteiger charge is -1.96. The smallest absolute Gasteiger partial charge is 0.348 e. The molecule has 0 atom stereocenters. The van der Waals surface area contributed by atoms with Crippen LogP contribution in [0.5, 0.6) is 0 Å². The maximum absolute atomic E-state index is 11.5. The summed E-state index contributed by atoms with van der Waals surface area (Å²) in [7, 11) is 1.37. The Balaban J connectivity index is 2.54. The summed E-state index contributed by atoms with van der Waals surface area (Å²) in [5, 5.41) is 0. The second kappa shape index (κ2) is 3.77. The van der Waals surface area contributed by atoms with Crippen LogP contribution in [0.3, 0.4) is 0 Å². The highest BCUT2D eigenvalue weighted by Gasteiger charge is 2.27. The molecule has 15 heavy (non-hydrogen) atoms. The van der Waals surface area contributed by atoms with Crippen LogP contribution in [-0.2, 0) is 17.6 Å². The van der Waals surface area contributed by atoms with Gasteiger partial charge in [0.15, 0.2) is 5.78 Å². The molecule has 0 unspecified atom stereocenters. The van der Waals surface area contributed by atoms with Crippen LogP contribution in [0, 0.1) is 0 Å². The number of ether oxygens (including phenoxy) is 1. The van der Waals surface area contributed by atoms with Gasteiger partial charge in [0.1, 0.15) is 4.88 Å². The largest absolute Gasteiger partial charge is 0.465 e. The van der Waals surface area contributed by atoms with Gasteiger partial charge in [0.05, 0.1) is 12.0 Å². The van der Waals surface area contributed by atoms with Gasteiger partial charge in [-0.2, -0.15) is 0 Å². The average Bonchev–Trinajstić information content (AvgIpc) is 2.75. The van der Waals surface area contributed by atoms with E-state index in [2.05, 4.69) is 0 Å². The molecular weight excluding hydrogens is 212 g/mol. The molecule has 0 aromatic carbocycles. The van der Waals surface area contributed by atoms with E-state index in [1.165, 1.54) is 18.4 Å². The van der Waals surface area contributed by atoms with Crippen LogP contribution in [0.4, 0.5) is 0 Å². The molecule has 0 amide bonds. The topological polar surface area (TPSA) is 43.4 Å². The Morgan fingerprint density at radius 1 is 1.20 bits per heavy atom. The van der Waals surface area contributed by atoms with Crippen molar-refractivity contribution in [3.05, 3.63) is 20.9 Å². The number of hydrogen-bond acceptors (Lipinski definition) is 4. The van der Waals surface area contributed by atoms with E-state index in [1.807, 2.05) is 0 Å². The molecule has 1 aliphatic carbocycles. The molecule has 0 spiro atoms. The van der Waals surface area contributed by atoms with Gasteiger partial charge in [0.25, 0.3) is 0 Å². The quantitative estimate of drug-likeness (QED) is 0.571. The Kier molecular flexibility index (Phi) is 2.61. The molecule has 0 bridgehead atoms. The molecular formula is C11H12O3S. The highest BCUT2D eigenvalue weighted by atomic mass is 32.1. The molecule has 3 nitrogen and oxygen atoms in total. The summed E-state index contributed by atoms with van der Waals surface area (Å²) in [6.45, 7) is 1.55. The molecule has 2 rings (SSSR count). The van der Waals surface area contributed by atoms with E-state index in [-0.39, 0.29) is 11.8 Å². The number of hydrogen-bond donors (Lipinski definition) is 0. The molecule has 0 aliphatic heterocycles. The highest BCUT2D eigenvalue weighted by Crippen LogP contribution is 2.36. The monoisotopic (exact) mass is 224 g/mol. The van der Waals surface area contributed by atoms with E-state index < -0.39 is 0 Å². The zero-order valence-electron chi connectivity index (χ0n) is 8.75. The van der Waals surface area contributed by atoms with Crippen LogP contribution in [0.25, 0.3) is 0 Å². The molecule has 4 heteroatoms. The van der Waals surface area contributed by atoms with Crippen molar-refractivity contribution in [2.75, 3.05) is 7.11 Å². The summed E-state index contributed by atoms with van der Waals surface area (Å²) >= 11 is 1.28. The van der Waals surface area contributed by atoms with Gasteiger partial charge in [0.2, 0.25) is 0 Å². The number of thiophene rings is 1. The lowest BCUT2D eigenvalue weighted by molar-refractivity contribution is 0.0605. The van der Waals surface area contributed by atoms with Gasteiger partial charge in [0, 0.05) is 0 Å².